The minimum Gasteiger partial charge on any atom is -0.460 e. The average molecular weight is 299 g/mol. The third-order valence-electron chi connectivity index (χ3n) is 3.38. The third kappa shape index (κ3) is 6.70. The van der Waals surface area contributed by atoms with Gasteiger partial charge in [-0.05, 0) is 32.6 Å². The Labute approximate surface area is 125 Å². The summed E-state index contributed by atoms with van der Waals surface area (Å²) in [7, 11) is 1.78. The fourth-order valence-corrected chi connectivity index (χ4v) is 2.13. The van der Waals surface area contributed by atoms with Gasteiger partial charge >= 0.3 is 5.97 Å². The monoisotopic (exact) mass is 299 g/mol. The first-order valence-corrected chi connectivity index (χ1v) is 7.24. The second kappa shape index (κ2) is 9.49. The number of carbonyl (C=O) groups is 2. The van der Waals surface area contributed by atoms with E-state index in [2.05, 4.69) is 10.2 Å². The summed E-state index contributed by atoms with van der Waals surface area (Å²) in [6, 6.07) is 0.379. The Morgan fingerprint density at radius 1 is 1.33 bits per heavy atom. The molecular formula is C14H25N3O4. The molecule has 0 aliphatic heterocycles. The van der Waals surface area contributed by atoms with Crippen molar-refractivity contribution in [2.75, 3.05) is 20.4 Å². The zero-order valence-corrected chi connectivity index (χ0v) is 12.7. The van der Waals surface area contributed by atoms with E-state index < -0.39 is 11.8 Å². The van der Waals surface area contributed by atoms with Crippen LogP contribution >= 0.6 is 0 Å². The van der Waals surface area contributed by atoms with Crippen LogP contribution in [0.2, 0.25) is 0 Å². The first-order chi connectivity index (χ1) is 10.1. The molecule has 0 atom stereocenters. The molecule has 0 amide bonds. The molecule has 0 unspecified atom stereocenters. The van der Waals surface area contributed by atoms with Crippen molar-refractivity contribution in [3.05, 3.63) is 12.3 Å². The number of hydrogen-bond acceptors (Lipinski definition) is 7. The van der Waals surface area contributed by atoms with Crippen LogP contribution in [0.3, 0.4) is 0 Å². The van der Waals surface area contributed by atoms with Gasteiger partial charge in [0.05, 0.1) is 12.7 Å². The van der Waals surface area contributed by atoms with Gasteiger partial charge in [0.15, 0.2) is 0 Å². The maximum absolute atomic E-state index is 11.4. The van der Waals surface area contributed by atoms with Crippen molar-refractivity contribution in [1.29, 1.82) is 0 Å². The zero-order valence-electron chi connectivity index (χ0n) is 12.7. The molecule has 7 nitrogen and oxygen atoms in total. The molecule has 0 heterocycles. The minimum atomic E-state index is -0.837. The Hall–Kier alpha value is -1.44. The fraction of sp³-hybridized carbons (Fsp3) is 0.714. The second-order valence-corrected chi connectivity index (χ2v) is 5.09. The normalized spacial score (nSPS) is 22.2. The Balaban J connectivity index is 2.23. The third-order valence-corrected chi connectivity index (χ3v) is 3.38. The van der Waals surface area contributed by atoms with Gasteiger partial charge in [-0.25, -0.2) is 4.79 Å². The molecule has 0 bridgehead atoms. The van der Waals surface area contributed by atoms with Crippen LogP contribution in [-0.4, -0.2) is 49.2 Å². The lowest BCUT2D eigenvalue weighted by atomic mass is 9.93. The van der Waals surface area contributed by atoms with Gasteiger partial charge in [0, 0.05) is 25.4 Å². The number of esters is 1. The highest BCUT2D eigenvalue weighted by Crippen LogP contribution is 2.20. The summed E-state index contributed by atoms with van der Waals surface area (Å²) in [4.78, 5) is 24.2. The van der Waals surface area contributed by atoms with E-state index in [1.54, 1.807) is 18.9 Å². The van der Waals surface area contributed by atoms with Gasteiger partial charge < -0.3 is 14.4 Å². The number of nitrogens with two attached hydrogens (primary N) is 1. The van der Waals surface area contributed by atoms with E-state index >= 15 is 0 Å². The topological polar surface area (TPSA) is 93.9 Å². The predicted molar refractivity (Wildman–Crippen MR) is 77.9 cm³/mol. The molecule has 1 aliphatic rings. The summed E-state index contributed by atoms with van der Waals surface area (Å²) in [6.07, 6.45) is 6.86. The molecule has 7 heteroatoms. The maximum atomic E-state index is 11.4. The smallest absolute Gasteiger partial charge is 0.379 e. The van der Waals surface area contributed by atoms with Gasteiger partial charge in [-0.1, -0.05) is 0 Å². The van der Waals surface area contributed by atoms with Gasteiger partial charge in [-0.15, -0.1) is 0 Å². The highest BCUT2D eigenvalue weighted by molar-refractivity contribution is 6.38. The lowest BCUT2D eigenvalue weighted by Crippen LogP contribution is -2.39. The molecule has 1 saturated carbocycles. The number of rotatable bonds is 8. The first-order valence-electron chi connectivity index (χ1n) is 7.24. The predicted octanol–water partition coefficient (Wildman–Crippen LogP) is 0.313. The molecular weight excluding hydrogens is 274 g/mol. The molecule has 1 fully saturated rings. The van der Waals surface area contributed by atoms with Gasteiger partial charge in [0.1, 0.15) is 6.73 Å². The molecule has 1 rings (SSSR count). The van der Waals surface area contributed by atoms with E-state index in [4.69, 9.17) is 10.6 Å². The number of ether oxygens (including phenoxy) is 2. The van der Waals surface area contributed by atoms with Crippen molar-refractivity contribution in [3.8, 4) is 0 Å². The van der Waals surface area contributed by atoms with Crippen LogP contribution in [0.15, 0.2) is 12.3 Å². The number of carbonyl (C=O) groups excluding carboxylic acids is 2. The van der Waals surface area contributed by atoms with Crippen LogP contribution in [-0.2, 0) is 19.1 Å². The number of nitrogens with zero attached hydrogens (tertiary/aromatic N) is 1. The van der Waals surface area contributed by atoms with E-state index in [1.165, 1.54) is 12.3 Å². The van der Waals surface area contributed by atoms with Crippen LogP contribution < -0.4 is 11.3 Å². The van der Waals surface area contributed by atoms with E-state index in [0.717, 1.165) is 25.7 Å². The van der Waals surface area contributed by atoms with E-state index in [0.29, 0.717) is 12.8 Å². The summed E-state index contributed by atoms with van der Waals surface area (Å²) in [6.45, 7) is 2.22. The summed E-state index contributed by atoms with van der Waals surface area (Å²) in [5.74, 6) is 3.90. The molecule has 3 N–H and O–H groups in total. The Bertz CT molecular complexity index is 365. The zero-order chi connectivity index (χ0) is 15.7. The fourth-order valence-electron chi connectivity index (χ4n) is 2.13. The summed E-state index contributed by atoms with van der Waals surface area (Å²) >= 11 is 0. The van der Waals surface area contributed by atoms with Crippen molar-refractivity contribution < 1.29 is 19.1 Å². The van der Waals surface area contributed by atoms with Crippen LogP contribution in [0.4, 0.5) is 0 Å². The number of hydrogen-bond donors (Lipinski definition) is 2. The molecule has 0 aromatic carbocycles. The van der Waals surface area contributed by atoms with Gasteiger partial charge in [-0.2, -0.15) is 0 Å². The van der Waals surface area contributed by atoms with E-state index in [1.807, 2.05) is 0 Å². The van der Waals surface area contributed by atoms with Gasteiger partial charge in [0.2, 0.25) is 0 Å². The second-order valence-electron chi connectivity index (χ2n) is 5.09. The lowest BCUT2D eigenvalue weighted by molar-refractivity contribution is -0.151. The molecule has 0 aromatic rings. The van der Waals surface area contributed by atoms with Crippen molar-refractivity contribution in [1.82, 2.24) is 10.3 Å². The molecule has 0 saturated heterocycles. The average Bonchev–Trinajstić information content (AvgIpc) is 2.51. The number of nitrogens with one attached hydrogen (secondary N) is 1. The SMILES string of the molecule is CCOC(=O)C(=O)/C=C/N(C)COC1CCC(NN)CC1. The summed E-state index contributed by atoms with van der Waals surface area (Å²) in [5, 5.41) is 0. The number of ketones is 1. The maximum Gasteiger partial charge on any atom is 0.379 e. The molecule has 21 heavy (non-hydrogen) atoms. The highest BCUT2D eigenvalue weighted by Gasteiger charge is 2.20. The van der Waals surface area contributed by atoms with E-state index in [9.17, 15) is 9.59 Å². The molecule has 0 aromatic heterocycles. The molecule has 1 aliphatic carbocycles. The van der Waals surface area contributed by atoms with Crippen LogP contribution in [0.1, 0.15) is 32.6 Å². The Morgan fingerprint density at radius 3 is 2.57 bits per heavy atom. The number of hydrazine groups is 1. The Kier molecular flexibility index (Phi) is 7.96. The highest BCUT2D eigenvalue weighted by atomic mass is 16.5. The minimum absolute atomic E-state index is 0.192. The van der Waals surface area contributed by atoms with Gasteiger partial charge in [0.25, 0.3) is 5.78 Å². The quantitative estimate of drug-likeness (QED) is 0.166. The molecule has 0 spiro atoms. The van der Waals surface area contributed by atoms with Crippen LogP contribution in [0.5, 0.6) is 0 Å². The first kappa shape index (κ1) is 17.6. The van der Waals surface area contributed by atoms with Crippen molar-refractivity contribution in [2.45, 2.75) is 44.8 Å². The van der Waals surface area contributed by atoms with Crippen LogP contribution in [0, 0.1) is 0 Å². The Morgan fingerprint density at radius 2 is 2.00 bits per heavy atom. The molecule has 120 valence electrons. The van der Waals surface area contributed by atoms with E-state index in [-0.39, 0.29) is 12.7 Å². The van der Waals surface area contributed by atoms with Crippen molar-refractivity contribution in [3.63, 3.8) is 0 Å². The molecule has 0 radical (unpaired) electrons. The van der Waals surface area contributed by atoms with Crippen LogP contribution in [0.25, 0.3) is 0 Å². The summed E-state index contributed by atoms with van der Waals surface area (Å²) < 4.78 is 10.4. The van der Waals surface area contributed by atoms with Crippen molar-refractivity contribution in [2.24, 2.45) is 5.84 Å². The standard InChI is InChI=1S/C14H25N3O4/c1-3-20-14(19)13(18)8-9-17(2)10-21-12-6-4-11(16-15)5-7-12/h8-9,11-12,16H,3-7,10,15H2,1-2H3/b9-8+. The van der Waals surface area contributed by atoms with Gasteiger partial charge in [-0.3, -0.25) is 16.1 Å². The lowest BCUT2D eigenvalue weighted by Gasteiger charge is -2.29. The summed E-state index contributed by atoms with van der Waals surface area (Å²) in [5.41, 5.74) is 2.78. The van der Waals surface area contributed by atoms with Crippen molar-refractivity contribution >= 4 is 11.8 Å². The largest absolute Gasteiger partial charge is 0.460 e.